The van der Waals surface area contributed by atoms with Crippen LogP contribution in [0, 0.1) is 6.92 Å². The average molecular weight is 339 g/mol. The Morgan fingerprint density at radius 1 is 1.18 bits per heavy atom. The molecule has 0 radical (unpaired) electrons. The van der Waals surface area contributed by atoms with Crippen molar-refractivity contribution in [3.63, 3.8) is 0 Å². The molecule has 0 saturated carbocycles. The second-order valence-corrected chi connectivity index (χ2v) is 6.79. The smallest absolute Gasteiger partial charge is 0.377 e. The van der Waals surface area contributed by atoms with Crippen molar-refractivity contribution in [2.75, 3.05) is 5.73 Å². The molecule has 0 spiro atoms. The van der Waals surface area contributed by atoms with Crippen LogP contribution in [0.1, 0.15) is 5.56 Å². The zero-order chi connectivity index (χ0) is 16.2. The maximum absolute atomic E-state index is 11.4. The van der Waals surface area contributed by atoms with Crippen LogP contribution in [0.15, 0.2) is 54.7 Å². The number of aromatic amines is 1. The summed E-state index contributed by atoms with van der Waals surface area (Å²) in [6.45, 7) is 2.04. The van der Waals surface area contributed by atoms with Crippen LogP contribution in [0.2, 0.25) is 0 Å². The van der Waals surface area contributed by atoms with Crippen LogP contribution in [0.25, 0.3) is 10.9 Å². The van der Waals surface area contributed by atoms with E-state index in [1.807, 2.05) is 37.3 Å². The van der Waals surface area contributed by atoms with Crippen LogP contribution in [-0.4, -0.2) is 9.88 Å². The molecule has 0 aliphatic rings. The highest BCUT2D eigenvalue weighted by molar-refractivity contribution is 7.62. The number of hydrogen-bond donors (Lipinski definition) is 3. The molecule has 7 heteroatoms. The number of rotatable bonds is 2. The van der Waals surface area contributed by atoms with Crippen molar-refractivity contribution in [2.24, 2.45) is 0 Å². The second-order valence-electron chi connectivity index (χ2n) is 4.72. The van der Waals surface area contributed by atoms with E-state index < -0.39 is 7.60 Å². The van der Waals surface area contributed by atoms with Crippen molar-refractivity contribution in [1.82, 2.24) is 4.98 Å². The molecule has 0 fully saturated rings. The number of aryl methyl sites for hydroxylation is 1. The Hall–Kier alpha value is -1.78. The summed E-state index contributed by atoms with van der Waals surface area (Å²) in [4.78, 5) is 12.2. The molecule has 4 N–H and O–H groups in total. The summed E-state index contributed by atoms with van der Waals surface area (Å²) in [6, 6.07) is 14.9. The number of hydrogen-bond acceptors (Lipinski definition) is 3. The van der Waals surface area contributed by atoms with Gasteiger partial charge in [0.05, 0.1) is 17.2 Å². The summed E-state index contributed by atoms with van der Waals surface area (Å²) >= 11 is 4.96. The number of halogens is 1. The van der Waals surface area contributed by atoms with Gasteiger partial charge in [-0.25, -0.2) is 0 Å². The fraction of sp³-hybridized carbons (Fsp3) is 0.0667. The highest BCUT2D eigenvalue weighted by Crippen LogP contribution is 2.43. The fourth-order valence-electron chi connectivity index (χ4n) is 1.89. The molecule has 0 aliphatic carbocycles. The van der Waals surface area contributed by atoms with Crippen LogP contribution < -0.4 is 11.0 Å². The number of fused-ring (bicyclic) bond motifs is 1. The van der Waals surface area contributed by atoms with E-state index >= 15 is 0 Å². The van der Waals surface area contributed by atoms with E-state index in [1.54, 1.807) is 18.2 Å². The van der Waals surface area contributed by atoms with Gasteiger partial charge in [-0.3, -0.25) is 4.57 Å². The number of nitrogens with two attached hydrogens (primary N) is 1. The van der Waals surface area contributed by atoms with Gasteiger partial charge in [-0.2, -0.15) is 4.08 Å². The maximum atomic E-state index is 11.4. The Bertz CT molecular complexity index is 781. The highest BCUT2D eigenvalue weighted by Gasteiger charge is 2.25. The predicted molar refractivity (Wildman–Crippen MR) is 90.3 cm³/mol. The fourth-order valence-corrected chi connectivity index (χ4v) is 2.92. The zero-order valence-corrected chi connectivity index (χ0v) is 13.5. The van der Waals surface area contributed by atoms with Crippen LogP contribution in [-0.2, 0) is 8.64 Å². The third-order valence-corrected chi connectivity index (χ3v) is 4.77. The molecule has 0 bridgehead atoms. The summed E-state index contributed by atoms with van der Waals surface area (Å²) in [5, 5.41) is 0.821. The van der Waals surface area contributed by atoms with E-state index in [-0.39, 0.29) is 5.30 Å². The molecular formula is C15H16ClN2O3P. The molecular weight excluding hydrogens is 323 g/mol. The quantitative estimate of drug-likeness (QED) is 0.490. The van der Waals surface area contributed by atoms with Gasteiger partial charge in [-0.15, -0.1) is 0 Å². The largest absolute Gasteiger partial charge is 0.399 e. The first-order valence-electron chi connectivity index (χ1n) is 6.46. The normalized spacial score (nSPS) is 13.2. The molecule has 116 valence electrons. The lowest BCUT2D eigenvalue weighted by atomic mass is 10.2. The molecule has 2 aromatic carbocycles. The molecule has 5 nitrogen and oxygen atoms in total. The summed E-state index contributed by atoms with van der Waals surface area (Å²) in [7, 11) is -3.89. The van der Waals surface area contributed by atoms with Crippen molar-refractivity contribution in [3.05, 3.63) is 60.3 Å². The lowest BCUT2D eigenvalue weighted by molar-refractivity contribution is 0.408. The van der Waals surface area contributed by atoms with E-state index in [0.717, 1.165) is 11.2 Å². The molecule has 22 heavy (non-hydrogen) atoms. The van der Waals surface area contributed by atoms with Crippen LogP contribution >= 0.6 is 19.5 Å². The first-order chi connectivity index (χ1) is 10.4. The van der Waals surface area contributed by atoms with Gasteiger partial charge in [0.15, 0.2) is 0 Å². The van der Waals surface area contributed by atoms with Crippen LogP contribution in [0.3, 0.4) is 0 Å². The first-order valence-corrected chi connectivity index (χ1v) is 8.34. The lowest BCUT2D eigenvalue weighted by Crippen LogP contribution is -2.01. The molecule has 0 amide bonds. The SMILES string of the molecule is Cc1ccc(N)cc1.O=P(O)(OCl)c1c[nH]c2ccccc12. The minimum absolute atomic E-state index is 0.183. The maximum Gasteiger partial charge on any atom is 0.377 e. The highest BCUT2D eigenvalue weighted by atomic mass is 35.5. The van der Waals surface area contributed by atoms with Crippen LogP contribution in [0.5, 0.6) is 0 Å². The summed E-state index contributed by atoms with van der Waals surface area (Å²) in [5.41, 5.74) is 8.27. The summed E-state index contributed by atoms with van der Waals surface area (Å²) < 4.78 is 15.5. The number of nitrogens with one attached hydrogen (secondary N) is 1. The molecule has 0 aliphatic heterocycles. The average Bonchev–Trinajstić information content (AvgIpc) is 2.96. The molecule has 1 heterocycles. The number of aromatic nitrogens is 1. The Morgan fingerprint density at radius 3 is 2.41 bits per heavy atom. The summed E-state index contributed by atoms with van der Waals surface area (Å²) in [5.74, 6) is 0. The second kappa shape index (κ2) is 6.99. The van der Waals surface area contributed by atoms with Gasteiger partial charge in [0.25, 0.3) is 0 Å². The van der Waals surface area contributed by atoms with E-state index in [0.29, 0.717) is 5.39 Å². The van der Waals surface area contributed by atoms with E-state index in [2.05, 4.69) is 9.06 Å². The molecule has 1 atom stereocenters. The number of nitrogen functional groups attached to an aromatic ring is 1. The van der Waals surface area contributed by atoms with Crippen molar-refractivity contribution in [1.29, 1.82) is 0 Å². The third-order valence-electron chi connectivity index (χ3n) is 3.04. The van der Waals surface area contributed by atoms with Crippen molar-refractivity contribution in [2.45, 2.75) is 6.92 Å². The minimum Gasteiger partial charge on any atom is -0.399 e. The predicted octanol–water partition coefficient (Wildman–Crippen LogP) is 3.73. The number of anilines is 1. The topological polar surface area (TPSA) is 88.3 Å². The van der Waals surface area contributed by atoms with Gasteiger partial charge >= 0.3 is 7.60 Å². The number of H-pyrrole nitrogens is 1. The van der Waals surface area contributed by atoms with Gasteiger partial charge in [0.2, 0.25) is 0 Å². The van der Waals surface area contributed by atoms with E-state index in [9.17, 15) is 9.46 Å². The summed E-state index contributed by atoms with van der Waals surface area (Å²) in [6.07, 6.45) is 1.42. The molecule has 3 rings (SSSR count). The lowest BCUT2D eigenvalue weighted by Gasteiger charge is -2.03. The third kappa shape index (κ3) is 3.90. The van der Waals surface area contributed by atoms with E-state index in [1.165, 1.54) is 11.8 Å². The number of para-hydroxylation sites is 1. The van der Waals surface area contributed by atoms with Gasteiger partial charge in [-0.1, -0.05) is 35.9 Å². The van der Waals surface area contributed by atoms with Crippen LogP contribution in [0.4, 0.5) is 5.69 Å². The Kier molecular flexibility index (Phi) is 5.27. The molecule has 3 aromatic rings. The molecule has 1 aromatic heterocycles. The van der Waals surface area contributed by atoms with Crippen molar-refractivity contribution < 1.29 is 13.5 Å². The number of benzene rings is 2. The Labute approximate surface area is 133 Å². The Balaban J connectivity index is 0.000000188. The zero-order valence-electron chi connectivity index (χ0n) is 11.9. The van der Waals surface area contributed by atoms with Gasteiger partial charge in [-0.05, 0) is 25.1 Å². The minimum atomic E-state index is -3.89. The van der Waals surface area contributed by atoms with E-state index in [4.69, 9.17) is 17.6 Å². The molecule has 0 saturated heterocycles. The Morgan fingerprint density at radius 2 is 1.82 bits per heavy atom. The first kappa shape index (κ1) is 16.6. The van der Waals surface area contributed by atoms with Gasteiger partial charge < -0.3 is 15.6 Å². The monoisotopic (exact) mass is 338 g/mol. The van der Waals surface area contributed by atoms with Crippen molar-refractivity contribution >= 4 is 41.4 Å². The molecule has 1 unspecified atom stereocenters. The van der Waals surface area contributed by atoms with Gasteiger partial charge in [0, 0.05) is 22.8 Å². The van der Waals surface area contributed by atoms with Crippen molar-refractivity contribution in [3.8, 4) is 0 Å². The van der Waals surface area contributed by atoms with Gasteiger partial charge in [0.1, 0.15) is 0 Å². The standard InChI is InChI=1S/C8H7ClNO3P.C7H9N/c9-13-14(11,12)8-5-10-7-4-2-1-3-6(7)8;1-6-2-4-7(8)5-3-6/h1-5,10H,(H,11,12);2-5H,8H2,1H3.